The molecule has 0 aliphatic heterocycles. The number of hydrogen-bond acceptors (Lipinski definition) is 6. The Bertz CT molecular complexity index is 1070. The van der Waals surface area contributed by atoms with Gasteiger partial charge in [-0.3, -0.25) is 19.8 Å². The normalized spacial score (nSPS) is 11.6. The second kappa shape index (κ2) is 6.99. The van der Waals surface area contributed by atoms with E-state index in [0.29, 0.717) is 11.3 Å². The summed E-state index contributed by atoms with van der Waals surface area (Å²) in [6.45, 7) is 7.44. The van der Waals surface area contributed by atoms with Gasteiger partial charge in [-0.05, 0) is 52.5 Å². The van der Waals surface area contributed by atoms with Crippen LogP contribution < -0.4 is 4.90 Å². The van der Waals surface area contributed by atoms with Crippen molar-refractivity contribution in [3.8, 4) is 0 Å². The molecule has 0 saturated carbocycles. The van der Waals surface area contributed by atoms with Crippen molar-refractivity contribution in [2.45, 2.75) is 34.1 Å². The number of carbonyl (C=O) groups excluding carboxylic acids is 1. The lowest BCUT2D eigenvalue weighted by Gasteiger charge is -2.28. The van der Waals surface area contributed by atoms with Crippen LogP contribution in [0.5, 0.6) is 0 Å². The number of aromatic nitrogens is 2. The third kappa shape index (κ3) is 3.68. The molecule has 9 heteroatoms. The van der Waals surface area contributed by atoms with Gasteiger partial charge < -0.3 is 0 Å². The number of nitro groups is 1. The highest BCUT2D eigenvalue weighted by Gasteiger charge is 2.29. The topological polar surface area (TPSA) is 102 Å². The number of aryl methyl sites for hydroxylation is 1. The third-order valence-electron chi connectivity index (χ3n) is 4.14. The smallest absolute Gasteiger partial charge is 0.278 e. The number of carbonyl (C=O) groups is 1. The quantitative estimate of drug-likeness (QED) is 0.476. The van der Waals surface area contributed by atoms with Gasteiger partial charge in [0.15, 0.2) is 5.52 Å². The zero-order valence-corrected chi connectivity index (χ0v) is 15.9. The van der Waals surface area contributed by atoms with Gasteiger partial charge in [0.2, 0.25) is 11.4 Å². The molecule has 0 atom stereocenters. The van der Waals surface area contributed by atoms with Crippen molar-refractivity contribution in [2.24, 2.45) is 5.41 Å². The van der Waals surface area contributed by atoms with Crippen LogP contribution in [0.1, 0.15) is 32.8 Å². The van der Waals surface area contributed by atoms with Crippen molar-refractivity contribution in [1.82, 2.24) is 10.3 Å². The summed E-state index contributed by atoms with van der Waals surface area (Å²) in [5.74, 6) is -0.693. The van der Waals surface area contributed by atoms with Crippen LogP contribution in [-0.4, -0.2) is 21.1 Å². The number of nitrogens with zero attached hydrogens (tertiary/aromatic N) is 4. The van der Waals surface area contributed by atoms with Crippen molar-refractivity contribution < 1.29 is 18.7 Å². The van der Waals surface area contributed by atoms with Crippen molar-refractivity contribution in [3.63, 3.8) is 0 Å². The predicted octanol–water partition coefficient (Wildman–Crippen LogP) is 4.68. The number of halogens is 1. The Labute approximate surface area is 160 Å². The molecule has 8 nitrogen and oxygen atoms in total. The fourth-order valence-electron chi connectivity index (χ4n) is 2.97. The number of anilines is 2. The maximum atomic E-state index is 13.6. The Morgan fingerprint density at radius 1 is 1.18 bits per heavy atom. The van der Waals surface area contributed by atoms with Gasteiger partial charge in [-0.2, -0.15) is 0 Å². The number of fused-ring (bicyclic) bond motifs is 1. The summed E-state index contributed by atoms with van der Waals surface area (Å²) in [4.78, 5) is 25.2. The van der Waals surface area contributed by atoms with Crippen molar-refractivity contribution in [1.29, 1.82) is 0 Å². The van der Waals surface area contributed by atoms with Crippen LogP contribution in [0, 0.1) is 28.3 Å². The fraction of sp³-hybridized carbons (Fsp3) is 0.316. The minimum atomic E-state index is -0.596. The van der Waals surface area contributed by atoms with E-state index in [2.05, 4.69) is 10.3 Å². The molecule has 0 aliphatic carbocycles. The molecule has 0 N–H and O–H groups in total. The van der Waals surface area contributed by atoms with Gasteiger partial charge in [0, 0.05) is 12.5 Å². The van der Waals surface area contributed by atoms with Crippen LogP contribution in [0.25, 0.3) is 11.0 Å². The molecular formula is C19H19FN4O4. The highest BCUT2D eigenvalue weighted by atomic mass is 19.1. The summed E-state index contributed by atoms with van der Waals surface area (Å²) >= 11 is 0. The number of benzene rings is 2. The molecule has 0 radical (unpaired) electrons. The van der Waals surface area contributed by atoms with Crippen LogP contribution in [0.3, 0.4) is 0 Å². The van der Waals surface area contributed by atoms with E-state index in [9.17, 15) is 19.3 Å². The van der Waals surface area contributed by atoms with E-state index in [1.807, 2.05) is 20.8 Å². The minimum Gasteiger partial charge on any atom is -0.278 e. The largest absolute Gasteiger partial charge is 0.300 e. The third-order valence-corrected chi connectivity index (χ3v) is 4.14. The first-order valence-corrected chi connectivity index (χ1v) is 8.57. The zero-order valence-electron chi connectivity index (χ0n) is 15.9. The van der Waals surface area contributed by atoms with Crippen molar-refractivity contribution >= 4 is 34.0 Å². The fourth-order valence-corrected chi connectivity index (χ4v) is 2.97. The van der Waals surface area contributed by atoms with Gasteiger partial charge >= 0.3 is 5.69 Å². The van der Waals surface area contributed by atoms with Crippen LogP contribution in [0.2, 0.25) is 0 Å². The van der Waals surface area contributed by atoms with Crippen LogP contribution in [0.15, 0.2) is 35.0 Å². The first-order chi connectivity index (χ1) is 13.1. The second-order valence-electron chi connectivity index (χ2n) is 7.72. The Morgan fingerprint density at radius 2 is 1.82 bits per heavy atom. The molecule has 146 valence electrons. The zero-order chi connectivity index (χ0) is 20.6. The van der Waals surface area contributed by atoms with E-state index in [1.165, 1.54) is 35.2 Å². The van der Waals surface area contributed by atoms with Gasteiger partial charge in [0.25, 0.3) is 0 Å². The maximum Gasteiger partial charge on any atom is 0.300 e. The van der Waals surface area contributed by atoms with E-state index in [-0.39, 0.29) is 40.2 Å². The molecule has 0 unspecified atom stereocenters. The first-order valence-electron chi connectivity index (χ1n) is 8.57. The van der Waals surface area contributed by atoms with E-state index in [1.54, 1.807) is 6.92 Å². The molecule has 1 amide bonds. The molecule has 1 aromatic heterocycles. The Hall–Kier alpha value is -3.36. The SMILES string of the molecule is Cc1cc(F)ccc1N(C(=O)CC(C)(C)C)c1ccc([N+](=O)[O-])c2nonc12. The molecule has 0 bridgehead atoms. The number of nitro benzene ring substituents is 1. The van der Waals surface area contributed by atoms with E-state index < -0.39 is 10.7 Å². The summed E-state index contributed by atoms with van der Waals surface area (Å²) in [5, 5.41) is 18.6. The van der Waals surface area contributed by atoms with E-state index in [0.717, 1.165) is 0 Å². The lowest BCUT2D eigenvalue weighted by Crippen LogP contribution is -2.30. The number of non-ortho nitro benzene ring substituents is 1. The van der Waals surface area contributed by atoms with Crippen molar-refractivity contribution in [2.75, 3.05) is 4.90 Å². The molecule has 0 spiro atoms. The van der Waals surface area contributed by atoms with Crippen molar-refractivity contribution in [3.05, 3.63) is 51.8 Å². The highest BCUT2D eigenvalue weighted by molar-refractivity contribution is 6.08. The molecule has 28 heavy (non-hydrogen) atoms. The van der Waals surface area contributed by atoms with E-state index in [4.69, 9.17) is 4.63 Å². The highest BCUT2D eigenvalue weighted by Crippen LogP contribution is 2.38. The Morgan fingerprint density at radius 3 is 2.43 bits per heavy atom. The molecule has 2 aromatic carbocycles. The second-order valence-corrected chi connectivity index (χ2v) is 7.72. The summed E-state index contributed by atoms with van der Waals surface area (Å²) in [7, 11) is 0. The van der Waals surface area contributed by atoms with Crippen LogP contribution in [-0.2, 0) is 4.79 Å². The van der Waals surface area contributed by atoms with Gasteiger partial charge in [0.05, 0.1) is 16.3 Å². The Kier molecular flexibility index (Phi) is 4.84. The molecule has 3 rings (SSSR count). The maximum absolute atomic E-state index is 13.6. The average Bonchev–Trinajstić information content (AvgIpc) is 3.04. The molecule has 0 aliphatic rings. The van der Waals surface area contributed by atoms with E-state index >= 15 is 0 Å². The standard InChI is InChI=1S/C19H19FN4O4/c1-11-9-12(20)5-6-13(11)23(16(25)10-19(2,3)4)14-7-8-15(24(26)27)18-17(14)21-28-22-18/h5-9H,10H2,1-4H3. The molecule has 3 aromatic rings. The summed E-state index contributed by atoms with van der Waals surface area (Å²) < 4.78 is 18.3. The lowest BCUT2D eigenvalue weighted by molar-refractivity contribution is -0.383. The average molecular weight is 386 g/mol. The molecule has 1 heterocycles. The number of amides is 1. The predicted molar refractivity (Wildman–Crippen MR) is 101 cm³/mol. The van der Waals surface area contributed by atoms with Gasteiger partial charge in [-0.15, -0.1) is 0 Å². The Balaban J connectivity index is 2.24. The molecular weight excluding hydrogens is 367 g/mol. The summed E-state index contributed by atoms with van der Waals surface area (Å²) in [6.07, 6.45) is 0.188. The molecule has 0 saturated heterocycles. The molecule has 0 fully saturated rings. The number of hydrogen-bond donors (Lipinski definition) is 0. The van der Waals surface area contributed by atoms with Gasteiger partial charge in [-0.1, -0.05) is 20.8 Å². The minimum absolute atomic E-state index is 0.0594. The van der Waals surface area contributed by atoms with Crippen LogP contribution in [0.4, 0.5) is 21.5 Å². The number of rotatable bonds is 4. The van der Waals surface area contributed by atoms with Gasteiger partial charge in [0.1, 0.15) is 5.82 Å². The van der Waals surface area contributed by atoms with Crippen LogP contribution >= 0.6 is 0 Å². The first kappa shape index (κ1) is 19.4. The summed E-state index contributed by atoms with van der Waals surface area (Å²) in [6, 6.07) is 6.73. The van der Waals surface area contributed by atoms with Gasteiger partial charge in [-0.25, -0.2) is 9.02 Å². The lowest BCUT2D eigenvalue weighted by atomic mass is 9.91. The summed E-state index contributed by atoms with van der Waals surface area (Å²) in [5.41, 5.74) is 0.700. The monoisotopic (exact) mass is 386 g/mol.